The van der Waals surface area contributed by atoms with Crippen LogP contribution in [0.15, 0.2) is 0 Å². The third-order valence-electron chi connectivity index (χ3n) is 2.84. The number of rotatable bonds is 8. The summed E-state index contributed by atoms with van der Waals surface area (Å²) < 4.78 is 10.1. The highest BCUT2D eigenvalue weighted by Crippen LogP contribution is 2.15. The molecule has 0 radical (unpaired) electrons. The van der Waals surface area contributed by atoms with Crippen molar-refractivity contribution >= 4 is 0 Å². The van der Waals surface area contributed by atoms with E-state index in [2.05, 4.69) is 18.9 Å². The van der Waals surface area contributed by atoms with Gasteiger partial charge in [0.25, 0.3) is 0 Å². The Morgan fingerprint density at radius 3 is 2.21 bits per heavy atom. The predicted molar refractivity (Wildman–Crippen MR) is 58.5 cm³/mol. The highest BCUT2D eigenvalue weighted by Gasteiger charge is 2.26. The Labute approximate surface area is 87.4 Å². The fourth-order valence-electron chi connectivity index (χ4n) is 1.27. The average Bonchev–Trinajstić information content (AvgIpc) is 2.22. The van der Waals surface area contributed by atoms with Gasteiger partial charge in [-0.1, -0.05) is 0 Å². The summed E-state index contributed by atoms with van der Waals surface area (Å²) in [5, 5.41) is 0. The van der Waals surface area contributed by atoms with Crippen molar-refractivity contribution in [1.29, 1.82) is 0 Å². The Morgan fingerprint density at radius 2 is 1.79 bits per heavy atom. The summed E-state index contributed by atoms with van der Waals surface area (Å²) in [7, 11) is 5.50. The monoisotopic (exact) mass is 204 g/mol. The molecule has 0 aliphatic rings. The van der Waals surface area contributed by atoms with Crippen LogP contribution in [0.2, 0.25) is 0 Å². The smallest absolute Gasteiger partial charge is 0.0589 e. The minimum absolute atomic E-state index is 0.00847. The molecule has 0 amide bonds. The highest BCUT2D eigenvalue weighted by molar-refractivity contribution is 4.85. The molecule has 0 aliphatic heterocycles. The Bertz CT molecular complexity index is 144. The number of nitrogens with two attached hydrogens (primary N) is 1. The maximum atomic E-state index is 5.78. The molecular formula is C10H24N2O2. The first-order valence-electron chi connectivity index (χ1n) is 5.00. The van der Waals surface area contributed by atoms with Gasteiger partial charge in [0.2, 0.25) is 0 Å². The maximum Gasteiger partial charge on any atom is 0.0589 e. The molecule has 0 heterocycles. The van der Waals surface area contributed by atoms with E-state index in [0.29, 0.717) is 6.54 Å². The van der Waals surface area contributed by atoms with Gasteiger partial charge in [0.05, 0.1) is 6.61 Å². The lowest BCUT2D eigenvalue weighted by atomic mass is 9.96. The molecule has 1 unspecified atom stereocenters. The number of ether oxygens (including phenoxy) is 2. The molecule has 0 aromatic rings. The predicted octanol–water partition coefficient (Wildman–Crippen LogP) is 0.319. The van der Waals surface area contributed by atoms with Crippen LogP contribution >= 0.6 is 0 Å². The van der Waals surface area contributed by atoms with Crippen molar-refractivity contribution in [1.82, 2.24) is 4.90 Å². The zero-order valence-electron chi connectivity index (χ0n) is 9.88. The van der Waals surface area contributed by atoms with Gasteiger partial charge in [-0.3, -0.25) is 4.90 Å². The molecule has 0 rings (SSSR count). The minimum atomic E-state index is 0.00847. The van der Waals surface area contributed by atoms with E-state index < -0.39 is 0 Å². The van der Waals surface area contributed by atoms with Gasteiger partial charge < -0.3 is 15.2 Å². The van der Waals surface area contributed by atoms with Crippen LogP contribution in [0.1, 0.15) is 13.3 Å². The van der Waals surface area contributed by atoms with E-state index in [4.69, 9.17) is 15.2 Å². The third kappa shape index (κ3) is 4.37. The van der Waals surface area contributed by atoms with Crippen molar-refractivity contribution in [2.45, 2.75) is 18.9 Å². The van der Waals surface area contributed by atoms with E-state index in [1.165, 1.54) is 0 Å². The Kier molecular flexibility index (Phi) is 7.09. The van der Waals surface area contributed by atoms with Crippen LogP contribution in [0, 0.1) is 0 Å². The molecule has 2 N–H and O–H groups in total. The second-order valence-electron chi connectivity index (χ2n) is 3.86. The molecule has 0 saturated carbocycles. The van der Waals surface area contributed by atoms with Crippen molar-refractivity contribution in [3.8, 4) is 0 Å². The summed E-state index contributed by atoms with van der Waals surface area (Å²) >= 11 is 0. The lowest BCUT2D eigenvalue weighted by Gasteiger charge is -2.37. The fraction of sp³-hybridized carbons (Fsp3) is 1.00. The van der Waals surface area contributed by atoms with Crippen LogP contribution in [0.5, 0.6) is 0 Å². The van der Waals surface area contributed by atoms with E-state index in [1.54, 1.807) is 14.2 Å². The van der Waals surface area contributed by atoms with Gasteiger partial charge in [-0.25, -0.2) is 0 Å². The molecule has 14 heavy (non-hydrogen) atoms. The summed E-state index contributed by atoms with van der Waals surface area (Å²) in [6, 6.07) is 0. The zero-order valence-corrected chi connectivity index (χ0v) is 9.88. The number of hydrogen-bond acceptors (Lipinski definition) is 4. The Morgan fingerprint density at radius 1 is 1.21 bits per heavy atom. The second-order valence-corrected chi connectivity index (χ2v) is 3.86. The first-order chi connectivity index (χ1) is 6.60. The summed E-state index contributed by atoms with van der Waals surface area (Å²) in [6.45, 7) is 5.16. The van der Waals surface area contributed by atoms with E-state index in [0.717, 1.165) is 26.2 Å². The SMILES string of the molecule is COCCN(C)C(C)(CN)CCOC. The minimum Gasteiger partial charge on any atom is -0.385 e. The van der Waals surface area contributed by atoms with Gasteiger partial charge in [-0.2, -0.15) is 0 Å². The quantitative estimate of drug-likeness (QED) is 0.618. The first-order valence-corrected chi connectivity index (χ1v) is 5.00. The van der Waals surface area contributed by atoms with Crippen LogP contribution in [0.3, 0.4) is 0 Å². The standard InChI is InChI=1S/C10H24N2O2/c1-10(9-11,5-7-13-3)12(2)6-8-14-4/h5-9,11H2,1-4H3. The first kappa shape index (κ1) is 13.8. The van der Waals surface area contributed by atoms with Gasteiger partial charge in [-0.15, -0.1) is 0 Å². The fourth-order valence-corrected chi connectivity index (χ4v) is 1.27. The molecular weight excluding hydrogens is 180 g/mol. The number of hydrogen-bond donors (Lipinski definition) is 1. The number of methoxy groups -OCH3 is 2. The molecule has 0 aromatic heterocycles. The van der Waals surface area contributed by atoms with Crippen molar-refractivity contribution < 1.29 is 9.47 Å². The molecule has 1 atom stereocenters. The second kappa shape index (κ2) is 7.17. The molecule has 4 heteroatoms. The van der Waals surface area contributed by atoms with E-state index in [1.807, 2.05) is 0 Å². The average molecular weight is 204 g/mol. The molecule has 0 aromatic carbocycles. The molecule has 4 nitrogen and oxygen atoms in total. The zero-order chi connectivity index (χ0) is 11.0. The largest absolute Gasteiger partial charge is 0.385 e. The Balaban J connectivity index is 4.05. The third-order valence-corrected chi connectivity index (χ3v) is 2.84. The van der Waals surface area contributed by atoms with E-state index in [9.17, 15) is 0 Å². The van der Waals surface area contributed by atoms with Gasteiger partial charge in [0.15, 0.2) is 0 Å². The molecule has 0 bridgehead atoms. The lowest BCUT2D eigenvalue weighted by Crippen LogP contribution is -2.51. The summed E-state index contributed by atoms with van der Waals surface area (Å²) in [5.41, 5.74) is 5.79. The van der Waals surface area contributed by atoms with Crippen molar-refractivity contribution in [2.24, 2.45) is 5.73 Å². The van der Waals surface area contributed by atoms with Crippen molar-refractivity contribution in [2.75, 3.05) is 47.6 Å². The van der Waals surface area contributed by atoms with E-state index in [-0.39, 0.29) is 5.54 Å². The summed E-state index contributed by atoms with van der Waals surface area (Å²) in [6.07, 6.45) is 0.945. The number of nitrogens with zero attached hydrogens (tertiary/aromatic N) is 1. The summed E-state index contributed by atoms with van der Waals surface area (Å²) in [5.74, 6) is 0. The van der Waals surface area contributed by atoms with Gasteiger partial charge in [-0.05, 0) is 20.4 Å². The maximum absolute atomic E-state index is 5.78. The molecule has 0 saturated heterocycles. The van der Waals surface area contributed by atoms with Crippen LogP contribution in [-0.2, 0) is 9.47 Å². The van der Waals surface area contributed by atoms with Crippen LogP contribution in [0.25, 0.3) is 0 Å². The topological polar surface area (TPSA) is 47.7 Å². The van der Waals surface area contributed by atoms with Crippen molar-refractivity contribution in [3.05, 3.63) is 0 Å². The van der Waals surface area contributed by atoms with Crippen molar-refractivity contribution in [3.63, 3.8) is 0 Å². The Hall–Kier alpha value is -0.160. The lowest BCUT2D eigenvalue weighted by molar-refractivity contribution is 0.0650. The van der Waals surface area contributed by atoms with Crippen LogP contribution in [0.4, 0.5) is 0 Å². The number of likely N-dealkylation sites (N-methyl/N-ethyl adjacent to an activating group) is 1. The van der Waals surface area contributed by atoms with Gasteiger partial charge in [0.1, 0.15) is 0 Å². The summed E-state index contributed by atoms with van der Waals surface area (Å²) in [4.78, 5) is 2.23. The highest BCUT2D eigenvalue weighted by atomic mass is 16.5. The molecule has 0 fully saturated rings. The molecule has 0 spiro atoms. The van der Waals surface area contributed by atoms with Gasteiger partial charge in [0, 0.05) is 39.5 Å². The van der Waals surface area contributed by atoms with Crippen LogP contribution < -0.4 is 5.73 Å². The van der Waals surface area contributed by atoms with E-state index >= 15 is 0 Å². The van der Waals surface area contributed by atoms with Gasteiger partial charge >= 0.3 is 0 Å². The normalized spacial score (nSPS) is 15.9. The molecule has 0 aliphatic carbocycles. The van der Waals surface area contributed by atoms with Crippen LogP contribution in [-0.4, -0.2) is 58.0 Å². The molecule has 86 valence electrons.